The minimum Gasteiger partial charge on any atom is -0.369 e. The van der Waals surface area contributed by atoms with Gasteiger partial charge in [-0.15, -0.1) is 0 Å². The van der Waals surface area contributed by atoms with Crippen molar-refractivity contribution in [2.45, 2.75) is 0 Å². The van der Waals surface area contributed by atoms with E-state index in [-0.39, 0.29) is 5.82 Å². The molecule has 1 fully saturated rings. The molecule has 0 bridgehead atoms. The highest BCUT2D eigenvalue weighted by atomic mass is 19.1. The number of hydrogen-bond donors (Lipinski definition) is 2. The van der Waals surface area contributed by atoms with E-state index in [2.05, 4.69) is 20.4 Å². The molecule has 18 heavy (non-hydrogen) atoms. The molecular weight excluding hydrogens is 231 g/mol. The number of nitrogens with zero attached hydrogens (tertiary/aromatic N) is 2. The third-order valence-electron chi connectivity index (χ3n) is 3.20. The van der Waals surface area contributed by atoms with Crippen LogP contribution in [0, 0.1) is 5.82 Å². The van der Waals surface area contributed by atoms with Crippen LogP contribution in [0.3, 0.4) is 0 Å². The van der Waals surface area contributed by atoms with E-state index in [9.17, 15) is 4.39 Å². The zero-order valence-electron chi connectivity index (χ0n) is 9.99. The summed E-state index contributed by atoms with van der Waals surface area (Å²) in [5.74, 6) is -0.206. The van der Waals surface area contributed by atoms with Crippen molar-refractivity contribution in [3.8, 4) is 11.1 Å². The van der Waals surface area contributed by atoms with Gasteiger partial charge in [-0.05, 0) is 23.8 Å². The Hall–Kier alpha value is -1.88. The van der Waals surface area contributed by atoms with Gasteiger partial charge in [0.15, 0.2) is 0 Å². The first-order valence-electron chi connectivity index (χ1n) is 6.08. The lowest BCUT2D eigenvalue weighted by atomic mass is 10.1. The summed E-state index contributed by atoms with van der Waals surface area (Å²) >= 11 is 0. The van der Waals surface area contributed by atoms with Gasteiger partial charge in [0, 0.05) is 43.6 Å². The van der Waals surface area contributed by atoms with Crippen LogP contribution in [0.2, 0.25) is 0 Å². The second kappa shape index (κ2) is 4.78. The maximum atomic E-state index is 13.7. The van der Waals surface area contributed by atoms with E-state index < -0.39 is 0 Å². The number of H-pyrrole nitrogens is 1. The Balaban J connectivity index is 1.95. The first kappa shape index (κ1) is 11.2. The third-order valence-corrected chi connectivity index (χ3v) is 3.20. The molecule has 1 aliphatic heterocycles. The summed E-state index contributed by atoms with van der Waals surface area (Å²) in [6, 6.07) is 5.14. The highest BCUT2D eigenvalue weighted by Gasteiger charge is 2.13. The normalized spacial score (nSPS) is 15.9. The summed E-state index contributed by atoms with van der Waals surface area (Å²) in [6.07, 6.45) is 3.48. The van der Waals surface area contributed by atoms with Gasteiger partial charge in [-0.2, -0.15) is 5.10 Å². The fraction of sp³-hybridized carbons (Fsp3) is 0.308. The van der Waals surface area contributed by atoms with Gasteiger partial charge >= 0.3 is 0 Å². The van der Waals surface area contributed by atoms with Crippen molar-refractivity contribution >= 4 is 5.69 Å². The average Bonchev–Trinajstić information content (AvgIpc) is 2.93. The Morgan fingerprint density at radius 3 is 2.67 bits per heavy atom. The molecule has 0 aliphatic carbocycles. The molecule has 0 radical (unpaired) electrons. The molecule has 0 amide bonds. The van der Waals surface area contributed by atoms with E-state index in [1.54, 1.807) is 18.5 Å². The molecule has 1 aromatic heterocycles. The number of halogens is 1. The molecule has 1 aromatic carbocycles. The van der Waals surface area contributed by atoms with Crippen LogP contribution in [0.15, 0.2) is 30.6 Å². The van der Waals surface area contributed by atoms with Crippen LogP contribution >= 0.6 is 0 Å². The second-order valence-corrected chi connectivity index (χ2v) is 4.42. The number of aromatic nitrogens is 2. The summed E-state index contributed by atoms with van der Waals surface area (Å²) in [6.45, 7) is 3.71. The molecule has 5 heteroatoms. The van der Waals surface area contributed by atoms with Crippen molar-refractivity contribution < 1.29 is 4.39 Å². The standard InChI is InChI=1S/C13H15FN4/c14-12-5-10(11-8-16-17-9-11)6-13(7-12)18-3-1-15-2-4-18/h5-9,15H,1-4H2,(H,16,17). The Morgan fingerprint density at radius 1 is 1.11 bits per heavy atom. The number of hydrogen-bond acceptors (Lipinski definition) is 3. The van der Waals surface area contributed by atoms with Gasteiger partial charge < -0.3 is 10.2 Å². The smallest absolute Gasteiger partial charge is 0.125 e. The number of aromatic amines is 1. The van der Waals surface area contributed by atoms with Gasteiger partial charge in [0.1, 0.15) is 5.82 Å². The summed E-state index contributed by atoms with van der Waals surface area (Å²) in [4.78, 5) is 2.20. The van der Waals surface area contributed by atoms with Gasteiger partial charge in [-0.1, -0.05) is 0 Å². The Morgan fingerprint density at radius 2 is 1.94 bits per heavy atom. The van der Waals surface area contributed by atoms with Gasteiger partial charge in [-0.25, -0.2) is 4.39 Å². The molecule has 1 aliphatic rings. The minimum atomic E-state index is -0.206. The van der Waals surface area contributed by atoms with E-state index in [1.807, 2.05) is 6.07 Å². The number of anilines is 1. The zero-order chi connectivity index (χ0) is 12.4. The quantitative estimate of drug-likeness (QED) is 0.846. The third kappa shape index (κ3) is 2.22. The molecular formula is C13H15FN4. The van der Waals surface area contributed by atoms with Gasteiger partial charge in [-0.3, -0.25) is 5.10 Å². The molecule has 0 spiro atoms. The molecule has 2 N–H and O–H groups in total. The number of benzene rings is 1. The summed E-state index contributed by atoms with van der Waals surface area (Å²) in [5, 5.41) is 9.94. The van der Waals surface area contributed by atoms with Gasteiger partial charge in [0.2, 0.25) is 0 Å². The van der Waals surface area contributed by atoms with Crippen LogP contribution in [-0.4, -0.2) is 36.4 Å². The molecule has 94 valence electrons. The van der Waals surface area contributed by atoms with Crippen molar-refractivity contribution in [2.24, 2.45) is 0 Å². The average molecular weight is 246 g/mol. The van der Waals surface area contributed by atoms with Crippen LogP contribution in [0.25, 0.3) is 11.1 Å². The van der Waals surface area contributed by atoms with E-state index in [0.29, 0.717) is 0 Å². The van der Waals surface area contributed by atoms with Crippen molar-refractivity contribution in [3.63, 3.8) is 0 Å². The lowest BCUT2D eigenvalue weighted by Crippen LogP contribution is -2.43. The van der Waals surface area contributed by atoms with Gasteiger partial charge in [0.05, 0.1) is 6.20 Å². The van der Waals surface area contributed by atoms with Crippen LogP contribution in [0.4, 0.5) is 10.1 Å². The summed E-state index contributed by atoms with van der Waals surface area (Å²) in [5.41, 5.74) is 2.70. The fourth-order valence-electron chi connectivity index (χ4n) is 2.26. The number of nitrogens with one attached hydrogen (secondary N) is 2. The Labute approximate surface area is 105 Å². The van der Waals surface area contributed by atoms with E-state index >= 15 is 0 Å². The Kier molecular flexibility index (Phi) is 2.98. The molecule has 2 aromatic rings. The second-order valence-electron chi connectivity index (χ2n) is 4.42. The molecule has 2 heterocycles. The monoisotopic (exact) mass is 246 g/mol. The molecule has 0 atom stereocenters. The first-order valence-corrected chi connectivity index (χ1v) is 6.08. The fourth-order valence-corrected chi connectivity index (χ4v) is 2.26. The van der Waals surface area contributed by atoms with E-state index in [0.717, 1.165) is 43.0 Å². The van der Waals surface area contributed by atoms with E-state index in [4.69, 9.17) is 0 Å². The maximum Gasteiger partial charge on any atom is 0.125 e. The topological polar surface area (TPSA) is 44.0 Å². The molecule has 4 nitrogen and oxygen atoms in total. The molecule has 0 unspecified atom stereocenters. The van der Waals surface area contributed by atoms with Crippen LogP contribution in [0.5, 0.6) is 0 Å². The van der Waals surface area contributed by atoms with Crippen molar-refractivity contribution in [1.29, 1.82) is 0 Å². The number of piperazine rings is 1. The first-order chi connectivity index (χ1) is 8.83. The van der Waals surface area contributed by atoms with Crippen LogP contribution in [-0.2, 0) is 0 Å². The van der Waals surface area contributed by atoms with Crippen LogP contribution in [0.1, 0.15) is 0 Å². The minimum absolute atomic E-state index is 0.206. The largest absolute Gasteiger partial charge is 0.369 e. The predicted octanol–water partition coefficient (Wildman–Crippen LogP) is 1.63. The predicted molar refractivity (Wildman–Crippen MR) is 69.1 cm³/mol. The van der Waals surface area contributed by atoms with Crippen molar-refractivity contribution in [2.75, 3.05) is 31.1 Å². The maximum absolute atomic E-state index is 13.7. The SMILES string of the molecule is Fc1cc(-c2cn[nH]c2)cc(N2CCNCC2)c1. The molecule has 0 saturated carbocycles. The van der Waals surface area contributed by atoms with Crippen LogP contribution < -0.4 is 10.2 Å². The van der Waals surface area contributed by atoms with Gasteiger partial charge in [0.25, 0.3) is 0 Å². The number of rotatable bonds is 2. The Bertz CT molecular complexity index is 518. The zero-order valence-corrected chi connectivity index (χ0v) is 9.99. The highest BCUT2D eigenvalue weighted by molar-refractivity contribution is 5.67. The lowest BCUT2D eigenvalue weighted by molar-refractivity contribution is 0.585. The van der Waals surface area contributed by atoms with E-state index in [1.165, 1.54) is 6.07 Å². The van der Waals surface area contributed by atoms with Crippen molar-refractivity contribution in [3.05, 3.63) is 36.4 Å². The summed E-state index contributed by atoms with van der Waals surface area (Å²) < 4.78 is 13.7. The lowest BCUT2D eigenvalue weighted by Gasteiger charge is -2.29. The van der Waals surface area contributed by atoms with Crippen molar-refractivity contribution in [1.82, 2.24) is 15.5 Å². The molecule has 1 saturated heterocycles. The molecule has 3 rings (SSSR count). The highest BCUT2D eigenvalue weighted by Crippen LogP contribution is 2.26. The summed E-state index contributed by atoms with van der Waals surface area (Å²) in [7, 11) is 0.